The van der Waals surface area contributed by atoms with Crippen LogP contribution in [0.15, 0.2) is 95.8 Å². The highest BCUT2D eigenvalue weighted by molar-refractivity contribution is 8.26. The molecule has 12 heteroatoms. The van der Waals surface area contributed by atoms with Crippen molar-refractivity contribution in [2.75, 3.05) is 0 Å². The lowest BCUT2D eigenvalue weighted by atomic mass is 9.32. The zero-order valence-electron chi connectivity index (χ0n) is 25.4. The molecule has 244 valence electrons. The van der Waals surface area contributed by atoms with Crippen LogP contribution in [0.5, 0.6) is 0 Å². The minimum atomic E-state index is -4.34. The first-order chi connectivity index (χ1) is 22.0. The van der Waals surface area contributed by atoms with Gasteiger partial charge < -0.3 is 0 Å². The normalized spacial score (nSPS) is 15.7. The molecule has 0 bridgehead atoms. The molecule has 0 N–H and O–H groups in total. The van der Waals surface area contributed by atoms with E-state index in [-0.39, 0.29) is 27.0 Å². The molecule has 47 heavy (non-hydrogen) atoms. The minimum Gasteiger partial charge on any atom is -0.207 e. The van der Waals surface area contributed by atoms with Gasteiger partial charge in [-0.3, -0.25) is 0 Å². The Morgan fingerprint density at radius 3 is 1.19 bits per heavy atom. The molecule has 4 aromatic rings. The van der Waals surface area contributed by atoms with Crippen molar-refractivity contribution in [2.45, 2.75) is 27.7 Å². The van der Waals surface area contributed by atoms with Crippen LogP contribution in [-0.4, -0.2) is 5.87 Å². The fraction of sp³-hybridized carbons (Fsp3) is 0.143. The smallest absolute Gasteiger partial charge is 0.207 e. The lowest BCUT2D eigenvalue weighted by molar-refractivity contribution is 0.382. The largest absolute Gasteiger partial charge is 0.277 e. The fourth-order valence-electron chi connectivity index (χ4n) is 6.84. The van der Waals surface area contributed by atoms with E-state index in [4.69, 9.17) is 0 Å². The van der Waals surface area contributed by atoms with Crippen molar-refractivity contribution in [1.29, 1.82) is 0 Å². The first-order valence-electron chi connectivity index (χ1n) is 14.3. The maximum atomic E-state index is 16.4. The van der Waals surface area contributed by atoms with Crippen molar-refractivity contribution in [3.63, 3.8) is 0 Å². The summed E-state index contributed by atoms with van der Waals surface area (Å²) < 4.78 is 156. The zero-order valence-corrected chi connectivity index (χ0v) is 26.3. The summed E-state index contributed by atoms with van der Waals surface area (Å²) in [5.74, 6) is -29.2. The van der Waals surface area contributed by atoms with Gasteiger partial charge in [0.2, 0.25) is 0 Å². The quantitative estimate of drug-likeness (QED) is 0.0629. The Balaban J connectivity index is 2.28. The highest BCUT2D eigenvalue weighted by atomic mass is 31.2. The fourth-order valence-corrected chi connectivity index (χ4v) is 13.2. The third kappa shape index (κ3) is 4.72. The topological polar surface area (TPSA) is 0 Å². The summed E-state index contributed by atoms with van der Waals surface area (Å²) in [7, 11) is -4.26. The molecular formula is C35H26BF10P. The van der Waals surface area contributed by atoms with Gasteiger partial charge >= 0.3 is 0 Å². The maximum absolute atomic E-state index is 16.4. The molecular weight excluding hydrogens is 652 g/mol. The van der Waals surface area contributed by atoms with E-state index in [9.17, 15) is 8.78 Å². The summed E-state index contributed by atoms with van der Waals surface area (Å²) in [5.41, 5.74) is -4.39. The zero-order chi connectivity index (χ0) is 34.8. The SMILES string of the molecule is C=C(C)C1=C(/C=C/C(C)(C)C)[B-](c2c(F)c(F)c(F)c(F)c2F)(c2c(F)c(F)c(F)c(F)c2F)[P+]1(c1ccccc1)c1ccccc1. The number of allylic oxidation sites excluding steroid dienone is 5. The van der Waals surface area contributed by atoms with Crippen LogP contribution in [0.1, 0.15) is 27.7 Å². The average molecular weight is 678 g/mol. The van der Waals surface area contributed by atoms with Gasteiger partial charge in [0.05, 0.1) is 10.6 Å². The van der Waals surface area contributed by atoms with Gasteiger partial charge in [-0.05, 0) is 49.3 Å². The molecule has 1 heterocycles. The minimum absolute atomic E-state index is 0.102. The summed E-state index contributed by atoms with van der Waals surface area (Å²) in [6.45, 7) is 10.5. The summed E-state index contributed by atoms with van der Waals surface area (Å²) in [5, 5.41) is 0.332. The summed E-state index contributed by atoms with van der Waals surface area (Å²) in [6.07, 6.45) is 2.65. The van der Waals surface area contributed by atoms with Crippen molar-refractivity contribution in [2.24, 2.45) is 5.41 Å². The molecule has 0 amide bonds. The van der Waals surface area contributed by atoms with Gasteiger partial charge in [-0.2, -0.15) is 0 Å². The van der Waals surface area contributed by atoms with Crippen LogP contribution in [0, 0.1) is 63.6 Å². The van der Waals surface area contributed by atoms with E-state index in [0.717, 1.165) is 0 Å². The maximum Gasteiger partial charge on any atom is 0.277 e. The van der Waals surface area contributed by atoms with Gasteiger partial charge in [0.25, 0.3) is 5.87 Å². The van der Waals surface area contributed by atoms with E-state index in [1.54, 1.807) is 32.9 Å². The monoisotopic (exact) mass is 678 g/mol. The molecule has 4 aromatic carbocycles. The van der Waals surface area contributed by atoms with Crippen LogP contribution in [0.4, 0.5) is 43.9 Å². The molecule has 0 saturated heterocycles. The summed E-state index contributed by atoms with van der Waals surface area (Å²) >= 11 is 0. The molecule has 0 unspecified atom stereocenters. The molecule has 0 saturated carbocycles. The Hall–Kier alpha value is -4.11. The van der Waals surface area contributed by atoms with E-state index in [0.29, 0.717) is 0 Å². The second-order valence-electron chi connectivity index (χ2n) is 12.5. The van der Waals surface area contributed by atoms with Crippen LogP contribution < -0.4 is 21.5 Å². The second-order valence-corrected chi connectivity index (χ2v) is 16.2. The van der Waals surface area contributed by atoms with Crippen molar-refractivity contribution < 1.29 is 43.9 Å². The Kier molecular flexibility index (Phi) is 8.63. The first-order valence-corrected chi connectivity index (χ1v) is 16.1. The van der Waals surface area contributed by atoms with Crippen LogP contribution >= 0.6 is 7.14 Å². The third-order valence-electron chi connectivity index (χ3n) is 8.47. The van der Waals surface area contributed by atoms with Crippen LogP contribution in [0.25, 0.3) is 0 Å². The average Bonchev–Trinajstić information content (AvgIpc) is 3.03. The molecule has 0 aromatic heterocycles. The molecule has 0 spiro atoms. The van der Waals surface area contributed by atoms with Crippen molar-refractivity contribution in [3.05, 3.63) is 154 Å². The number of hydrogen-bond donors (Lipinski definition) is 0. The Bertz CT molecular complexity index is 1830. The van der Waals surface area contributed by atoms with E-state index in [1.165, 1.54) is 67.6 Å². The van der Waals surface area contributed by atoms with Gasteiger partial charge in [0, 0.05) is 5.31 Å². The predicted molar refractivity (Wildman–Crippen MR) is 167 cm³/mol. The van der Waals surface area contributed by atoms with Gasteiger partial charge in [0.1, 0.15) is 23.3 Å². The number of benzene rings is 4. The molecule has 0 nitrogen and oxygen atoms in total. The van der Waals surface area contributed by atoms with Gasteiger partial charge in [-0.1, -0.05) is 86.8 Å². The Morgan fingerprint density at radius 1 is 0.574 bits per heavy atom. The second kappa shape index (κ2) is 11.8. The van der Waals surface area contributed by atoms with Crippen molar-refractivity contribution >= 4 is 34.5 Å². The van der Waals surface area contributed by atoms with Gasteiger partial charge in [-0.15, -0.1) is 5.47 Å². The third-order valence-corrected chi connectivity index (χ3v) is 14.0. The highest BCUT2D eigenvalue weighted by Gasteiger charge is 2.73. The Morgan fingerprint density at radius 2 is 0.894 bits per heavy atom. The molecule has 5 rings (SSSR count). The molecule has 0 radical (unpaired) electrons. The van der Waals surface area contributed by atoms with Crippen LogP contribution in [-0.2, 0) is 0 Å². The predicted octanol–water partition coefficient (Wildman–Crippen LogP) is 8.79. The Labute approximate surface area is 265 Å². The molecule has 0 aliphatic carbocycles. The lowest BCUT2D eigenvalue weighted by Gasteiger charge is -2.61. The first kappa shape index (κ1) is 34.2. The van der Waals surface area contributed by atoms with Crippen molar-refractivity contribution in [1.82, 2.24) is 0 Å². The van der Waals surface area contributed by atoms with Gasteiger partial charge in [-0.25, -0.2) is 43.9 Å². The standard InChI is InChI=1S/C35H26BF10P/c1-18(2)34-21(16-17-35(3,4)5)36(22-24(37)28(41)32(45)29(42)25(22)38,23-26(39)30(43)33(46)31(44)27(23)40)47(34,19-12-8-6-9-13-19)20-14-10-7-11-15-20/h6-17H,1H2,2-5H3/b17-16+. The van der Waals surface area contributed by atoms with E-state index in [1.807, 2.05) is 0 Å². The lowest BCUT2D eigenvalue weighted by Crippen LogP contribution is -2.74. The number of halogens is 10. The summed E-state index contributed by atoms with van der Waals surface area (Å²) in [4.78, 5) is 0. The molecule has 1 aliphatic heterocycles. The molecule has 0 fully saturated rings. The number of hydrogen-bond acceptors (Lipinski definition) is 0. The van der Waals surface area contributed by atoms with E-state index in [2.05, 4.69) is 6.58 Å². The van der Waals surface area contributed by atoms with Crippen molar-refractivity contribution in [3.8, 4) is 0 Å². The van der Waals surface area contributed by atoms with E-state index < -0.39 is 87.5 Å². The molecule has 0 atom stereocenters. The van der Waals surface area contributed by atoms with Gasteiger partial charge in [0.15, 0.2) is 34.9 Å². The number of rotatable bonds is 6. The highest BCUT2D eigenvalue weighted by Crippen LogP contribution is 2.81. The molecule has 1 aliphatic rings. The van der Waals surface area contributed by atoms with E-state index >= 15 is 35.1 Å². The van der Waals surface area contributed by atoms with Crippen LogP contribution in [0.3, 0.4) is 0 Å². The summed E-state index contributed by atoms with van der Waals surface area (Å²) in [6, 6.07) is 14.6. The van der Waals surface area contributed by atoms with Crippen LogP contribution in [0.2, 0.25) is 0 Å².